The van der Waals surface area contributed by atoms with Gasteiger partial charge in [-0.15, -0.1) is 0 Å². The van der Waals surface area contributed by atoms with E-state index in [1.54, 1.807) is 41.5 Å². The van der Waals surface area contributed by atoms with Gasteiger partial charge in [-0.25, -0.2) is 0 Å². The highest BCUT2D eigenvalue weighted by Crippen LogP contribution is 2.31. The Morgan fingerprint density at radius 2 is 1.11 bits per heavy atom. The van der Waals surface area contributed by atoms with E-state index in [1.807, 2.05) is 30.6 Å². The molecule has 0 radical (unpaired) electrons. The highest BCUT2D eigenvalue weighted by atomic mass is 16.6. The van der Waals surface area contributed by atoms with Gasteiger partial charge in [0.15, 0.2) is 0 Å². The molecule has 1 unspecified atom stereocenters. The van der Waals surface area contributed by atoms with Crippen LogP contribution in [0.1, 0.15) is 109 Å². The molecule has 11 nitrogen and oxygen atoms in total. The number of esters is 3. The van der Waals surface area contributed by atoms with Gasteiger partial charge in [0, 0.05) is 44.7 Å². The van der Waals surface area contributed by atoms with Gasteiger partial charge in [-0.05, 0) is 80.6 Å². The molecule has 0 aromatic carbocycles. The Bertz CT molecular complexity index is 941. The minimum atomic E-state index is -0.875. The van der Waals surface area contributed by atoms with Gasteiger partial charge in [-0.2, -0.15) is 0 Å². The maximum atomic E-state index is 13.4. The smallest absolute Gasteiger partial charge is 0.320 e. The number of carbonyl (C=O) groups is 4. The van der Waals surface area contributed by atoms with Crippen LogP contribution in [-0.2, 0) is 33.4 Å². The Labute approximate surface area is 265 Å². The predicted molar refractivity (Wildman–Crippen MR) is 170 cm³/mol. The largest absolute Gasteiger partial charge is 0.481 e. The summed E-state index contributed by atoms with van der Waals surface area (Å²) in [5, 5.41) is 9.33. The van der Waals surface area contributed by atoms with Gasteiger partial charge in [0.05, 0.1) is 19.6 Å². The summed E-state index contributed by atoms with van der Waals surface area (Å²) in [6, 6.07) is 0. The highest BCUT2D eigenvalue weighted by Gasteiger charge is 2.45. The third-order valence-corrected chi connectivity index (χ3v) is 6.67. The van der Waals surface area contributed by atoms with Gasteiger partial charge in [-0.1, -0.05) is 27.2 Å². The van der Waals surface area contributed by atoms with Crippen LogP contribution in [0.2, 0.25) is 0 Å². The molecule has 1 fully saturated rings. The van der Waals surface area contributed by atoms with Crippen molar-refractivity contribution < 1.29 is 38.5 Å². The van der Waals surface area contributed by atoms with E-state index < -0.39 is 40.2 Å². The summed E-state index contributed by atoms with van der Waals surface area (Å²) in [5.74, 6) is -2.18. The molecule has 0 bridgehead atoms. The number of carbonyl (C=O) groups excluding carboxylic acids is 3. The van der Waals surface area contributed by atoms with Crippen molar-refractivity contribution in [2.75, 3.05) is 52.4 Å². The van der Waals surface area contributed by atoms with Crippen LogP contribution in [0.5, 0.6) is 0 Å². The van der Waals surface area contributed by atoms with Gasteiger partial charge < -0.3 is 19.3 Å². The van der Waals surface area contributed by atoms with Gasteiger partial charge in [0.25, 0.3) is 0 Å². The lowest BCUT2D eigenvalue weighted by Gasteiger charge is -2.47. The maximum Gasteiger partial charge on any atom is 0.320 e. The number of ether oxygens (including phenoxy) is 3. The SMILES string of the molecule is CC(C)(C)CN1CCN(CC(=O)OC(C)(C)C)CC(CCCCC(=O)O)(N(CC(=O)OC(C)(C)C)CC(=O)OC(C)(C)C)C1. The van der Waals surface area contributed by atoms with E-state index >= 15 is 0 Å². The molecule has 1 atom stereocenters. The number of rotatable bonds is 13. The summed E-state index contributed by atoms with van der Waals surface area (Å²) < 4.78 is 17.1. The number of hydrogen-bond acceptors (Lipinski definition) is 10. The van der Waals surface area contributed by atoms with Crippen molar-refractivity contribution >= 4 is 23.9 Å². The Morgan fingerprint density at radius 3 is 1.55 bits per heavy atom. The van der Waals surface area contributed by atoms with E-state index in [1.165, 1.54) is 0 Å². The molecule has 1 N–H and O–H groups in total. The summed E-state index contributed by atoms with van der Waals surface area (Å²) in [7, 11) is 0. The van der Waals surface area contributed by atoms with Gasteiger partial charge >= 0.3 is 23.9 Å². The summed E-state index contributed by atoms with van der Waals surface area (Å²) in [4.78, 5) is 57.3. The van der Waals surface area contributed by atoms with Crippen LogP contribution in [0.3, 0.4) is 0 Å². The van der Waals surface area contributed by atoms with Gasteiger partial charge in [0.2, 0.25) is 0 Å². The highest BCUT2D eigenvalue weighted by molar-refractivity contribution is 5.76. The number of carboxylic acid groups (broad SMARTS) is 1. The molecule has 0 aromatic heterocycles. The maximum absolute atomic E-state index is 13.4. The molecular formula is C33H61N3O8. The van der Waals surface area contributed by atoms with Gasteiger partial charge in [-0.3, -0.25) is 33.9 Å². The molecule has 11 heteroatoms. The lowest BCUT2D eigenvalue weighted by Crippen LogP contribution is -2.62. The molecule has 0 amide bonds. The van der Waals surface area contributed by atoms with Crippen molar-refractivity contribution in [1.29, 1.82) is 0 Å². The fourth-order valence-electron chi connectivity index (χ4n) is 5.52. The van der Waals surface area contributed by atoms with Crippen LogP contribution in [0.4, 0.5) is 0 Å². The van der Waals surface area contributed by atoms with Crippen molar-refractivity contribution in [3.05, 3.63) is 0 Å². The number of nitrogens with zero attached hydrogens (tertiary/aromatic N) is 3. The van der Waals surface area contributed by atoms with E-state index in [2.05, 4.69) is 25.7 Å². The standard InChI is InChI=1S/C33H61N3O8/c1-29(2,3)22-35-18-17-34(19-26(39)42-30(4,5)6)23-33(24-35,16-14-13-15-25(37)38)36(20-27(40)43-31(7,8)9)21-28(41)44-32(10,11)12/h13-24H2,1-12H3,(H,37,38). The fraction of sp³-hybridized carbons (Fsp3) is 0.879. The van der Waals surface area contributed by atoms with Crippen LogP contribution in [-0.4, -0.2) is 118 Å². The van der Waals surface area contributed by atoms with Crippen LogP contribution in [0.15, 0.2) is 0 Å². The van der Waals surface area contributed by atoms with Gasteiger partial charge in [0.1, 0.15) is 16.8 Å². The molecule has 1 aliphatic rings. The van der Waals surface area contributed by atoms with Crippen LogP contribution < -0.4 is 0 Å². The first-order valence-electron chi connectivity index (χ1n) is 15.8. The Hall–Kier alpha value is -2.24. The van der Waals surface area contributed by atoms with E-state index in [0.29, 0.717) is 45.4 Å². The molecular weight excluding hydrogens is 566 g/mol. The number of unbranched alkanes of at least 4 members (excludes halogenated alkanes) is 1. The zero-order chi connectivity index (χ0) is 34.1. The minimum absolute atomic E-state index is 0.0154. The van der Waals surface area contributed by atoms with Crippen LogP contribution in [0.25, 0.3) is 0 Å². The number of hydrogen-bond donors (Lipinski definition) is 1. The van der Waals surface area contributed by atoms with Crippen molar-refractivity contribution in [2.45, 2.75) is 131 Å². The average molecular weight is 628 g/mol. The zero-order valence-electron chi connectivity index (χ0n) is 29.6. The second-order valence-electron chi connectivity index (χ2n) is 16.4. The first-order valence-corrected chi connectivity index (χ1v) is 15.8. The topological polar surface area (TPSA) is 126 Å². The monoisotopic (exact) mass is 627 g/mol. The predicted octanol–water partition coefficient (Wildman–Crippen LogP) is 4.36. The van der Waals surface area contributed by atoms with Crippen molar-refractivity contribution in [2.24, 2.45) is 5.41 Å². The zero-order valence-corrected chi connectivity index (χ0v) is 29.6. The lowest BCUT2D eigenvalue weighted by atomic mass is 9.87. The summed E-state index contributed by atoms with van der Waals surface area (Å²) in [5.41, 5.74) is -2.96. The quantitative estimate of drug-likeness (QED) is 0.178. The molecule has 1 saturated heterocycles. The van der Waals surface area contributed by atoms with E-state index in [9.17, 15) is 24.3 Å². The van der Waals surface area contributed by atoms with Crippen LogP contribution >= 0.6 is 0 Å². The first kappa shape index (κ1) is 39.8. The second kappa shape index (κ2) is 15.9. The molecule has 0 aliphatic carbocycles. The molecule has 1 aliphatic heterocycles. The Balaban J connectivity index is 3.69. The van der Waals surface area contributed by atoms with E-state index in [0.717, 1.165) is 6.54 Å². The molecule has 0 saturated carbocycles. The lowest BCUT2D eigenvalue weighted by molar-refractivity contribution is -0.165. The normalized spacial score (nSPS) is 19.4. The summed E-state index contributed by atoms with van der Waals surface area (Å²) in [6.45, 7) is 25.3. The molecule has 1 heterocycles. The van der Waals surface area contributed by atoms with Crippen molar-refractivity contribution in [3.63, 3.8) is 0 Å². The third kappa shape index (κ3) is 17.3. The average Bonchev–Trinajstić information content (AvgIpc) is 2.90. The Kier molecular flexibility index (Phi) is 14.3. The molecule has 1 rings (SSSR count). The van der Waals surface area contributed by atoms with E-state index in [-0.39, 0.29) is 37.4 Å². The second-order valence-corrected chi connectivity index (χ2v) is 16.4. The van der Waals surface area contributed by atoms with E-state index in [4.69, 9.17) is 14.2 Å². The molecule has 256 valence electrons. The molecule has 0 aromatic rings. The summed E-state index contributed by atoms with van der Waals surface area (Å²) >= 11 is 0. The minimum Gasteiger partial charge on any atom is -0.481 e. The Morgan fingerprint density at radius 1 is 0.682 bits per heavy atom. The fourth-order valence-corrected chi connectivity index (χ4v) is 5.52. The third-order valence-electron chi connectivity index (χ3n) is 6.67. The molecule has 0 spiro atoms. The number of carboxylic acids is 1. The molecule has 44 heavy (non-hydrogen) atoms. The van der Waals surface area contributed by atoms with Crippen molar-refractivity contribution in [3.8, 4) is 0 Å². The van der Waals surface area contributed by atoms with Crippen LogP contribution in [0, 0.1) is 5.41 Å². The first-order chi connectivity index (χ1) is 19.8. The number of aliphatic carboxylic acids is 1. The summed E-state index contributed by atoms with van der Waals surface area (Å²) in [6.07, 6.45) is 1.50. The van der Waals surface area contributed by atoms with Crippen molar-refractivity contribution in [1.82, 2.24) is 14.7 Å².